The Balaban J connectivity index is 2.39. The van der Waals surface area contributed by atoms with Crippen LogP contribution in [0.25, 0.3) is 0 Å². The van der Waals surface area contributed by atoms with E-state index in [1.807, 2.05) is 43.3 Å². The largest absolute Gasteiger partial charge is 0.456 e. The summed E-state index contributed by atoms with van der Waals surface area (Å²) >= 11 is 0. The fraction of sp³-hybridized carbons (Fsp3) is 0.235. The zero-order valence-corrected chi connectivity index (χ0v) is 11.5. The topological polar surface area (TPSA) is 26.3 Å². The molecule has 2 aromatic rings. The Bertz CT molecular complexity index is 586. The van der Waals surface area contributed by atoms with Gasteiger partial charge in [0.15, 0.2) is 6.29 Å². The molecule has 2 nitrogen and oxygen atoms in total. The third kappa shape index (κ3) is 3.02. The van der Waals surface area contributed by atoms with Crippen LogP contribution in [0.1, 0.15) is 41.3 Å². The molecule has 0 aliphatic carbocycles. The smallest absolute Gasteiger partial charge is 0.153 e. The van der Waals surface area contributed by atoms with Crippen LogP contribution in [0.15, 0.2) is 42.5 Å². The molecule has 0 aliphatic heterocycles. The Hall–Kier alpha value is -2.09. The maximum Gasteiger partial charge on any atom is 0.153 e. The van der Waals surface area contributed by atoms with E-state index in [1.165, 1.54) is 0 Å². The zero-order valence-electron chi connectivity index (χ0n) is 11.5. The molecule has 0 aliphatic rings. The van der Waals surface area contributed by atoms with Crippen molar-refractivity contribution in [1.82, 2.24) is 0 Å². The number of ether oxygens (including phenoxy) is 1. The van der Waals surface area contributed by atoms with Crippen LogP contribution >= 0.6 is 0 Å². The molecule has 2 rings (SSSR count). The Kier molecular flexibility index (Phi) is 4.00. The second-order valence-corrected chi connectivity index (χ2v) is 4.95. The van der Waals surface area contributed by atoms with E-state index in [9.17, 15) is 4.79 Å². The van der Waals surface area contributed by atoms with Gasteiger partial charge in [0.1, 0.15) is 11.5 Å². The number of para-hydroxylation sites is 1. The van der Waals surface area contributed by atoms with Crippen LogP contribution in [-0.2, 0) is 0 Å². The lowest BCUT2D eigenvalue weighted by molar-refractivity contribution is 0.112. The van der Waals surface area contributed by atoms with Crippen molar-refractivity contribution in [2.75, 3.05) is 0 Å². The van der Waals surface area contributed by atoms with Gasteiger partial charge in [-0.2, -0.15) is 0 Å². The fourth-order valence-corrected chi connectivity index (χ4v) is 2.02. The first kappa shape index (κ1) is 13.3. The van der Waals surface area contributed by atoms with Crippen molar-refractivity contribution < 1.29 is 9.53 Å². The molecular formula is C17H18O2. The van der Waals surface area contributed by atoms with Gasteiger partial charge in [-0.05, 0) is 36.6 Å². The molecule has 19 heavy (non-hydrogen) atoms. The third-order valence-electron chi connectivity index (χ3n) is 3.05. The lowest BCUT2D eigenvalue weighted by Crippen LogP contribution is -1.96. The normalized spacial score (nSPS) is 10.5. The lowest BCUT2D eigenvalue weighted by atomic mass is 10.0. The minimum absolute atomic E-state index is 0.376. The molecule has 0 unspecified atom stereocenters. The van der Waals surface area contributed by atoms with Gasteiger partial charge in [-0.25, -0.2) is 0 Å². The van der Waals surface area contributed by atoms with Crippen LogP contribution in [0.4, 0.5) is 0 Å². The second-order valence-electron chi connectivity index (χ2n) is 4.95. The van der Waals surface area contributed by atoms with Gasteiger partial charge in [0.25, 0.3) is 0 Å². The number of aldehydes is 1. The molecule has 0 atom stereocenters. The highest BCUT2D eigenvalue weighted by molar-refractivity contribution is 5.79. The summed E-state index contributed by atoms with van der Waals surface area (Å²) in [5.41, 5.74) is 2.77. The van der Waals surface area contributed by atoms with Crippen LogP contribution in [0, 0.1) is 6.92 Å². The number of benzene rings is 2. The molecule has 0 amide bonds. The van der Waals surface area contributed by atoms with Gasteiger partial charge in [0.05, 0.1) is 5.56 Å². The van der Waals surface area contributed by atoms with E-state index in [0.717, 1.165) is 23.2 Å². The first-order valence-electron chi connectivity index (χ1n) is 6.44. The Morgan fingerprint density at radius 2 is 1.79 bits per heavy atom. The maximum atomic E-state index is 11.1. The summed E-state index contributed by atoms with van der Waals surface area (Å²) in [6, 6.07) is 13.5. The average Bonchev–Trinajstić information content (AvgIpc) is 2.41. The van der Waals surface area contributed by atoms with Crippen molar-refractivity contribution in [3.05, 3.63) is 59.2 Å². The molecular weight excluding hydrogens is 236 g/mol. The van der Waals surface area contributed by atoms with Crippen molar-refractivity contribution in [3.8, 4) is 11.5 Å². The Morgan fingerprint density at radius 3 is 2.47 bits per heavy atom. The van der Waals surface area contributed by atoms with Gasteiger partial charge < -0.3 is 4.74 Å². The predicted molar refractivity (Wildman–Crippen MR) is 77.2 cm³/mol. The number of carbonyl (C=O) groups excluding carboxylic acids is 1. The highest BCUT2D eigenvalue weighted by atomic mass is 16.5. The monoisotopic (exact) mass is 254 g/mol. The maximum absolute atomic E-state index is 11.1. The van der Waals surface area contributed by atoms with Crippen molar-refractivity contribution in [3.63, 3.8) is 0 Å². The van der Waals surface area contributed by atoms with E-state index < -0.39 is 0 Å². The lowest BCUT2D eigenvalue weighted by Gasteiger charge is -2.14. The van der Waals surface area contributed by atoms with Gasteiger partial charge in [-0.3, -0.25) is 4.79 Å². The van der Waals surface area contributed by atoms with Crippen molar-refractivity contribution in [1.29, 1.82) is 0 Å². The minimum atomic E-state index is 0.376. The quantitative estimate of drug-likeness (QED) is 0.738. The second kappa shape index (κ2) is 5.70. The molecule has 2 aromatic carbocycles. The first-order chi connectivity index (χ1) is 9.11. The summed E-state index contributed by atoms with van der Waals surface area (Å²) in [6.45, 7) is 6.20. The van der Waals surface area contributed by atoms with E-state index in [4.69, 9.17) is 4.74 Å². The molecule has 0 heterocycles. The molecule has 0 radical (unpaired) electrons. The SMILES string of the molecule is Cc1ccc(Oc2ccccc2C(C)C)c(C=O)c1. The molecule has 0 fully saturated rings. The van der Waals surface area contributed by atoms with E-state index in [0.29, 0.717) is 17.2 Å². The number of hydrogen-bond donors (Lipinski definition) is 0. The van der Waals surface area contributed by atoms with Gasteiger partial charge in [-0.1, -0.05) is 43.7 Å². The van der Waals surface area contributed by atoms with Gasteiger partial charge in [-0.15, -0.1) is 0 Å². The minimum Gasteiger partial charge on any atom is -0.456 e. The summed E-state index contributed by atoms with van der Waals surface area (Å²) in [5.74, 6) is 1.79. The van der Waals surface area contributed by atoms with E-state index in [1.54, 1.807) is 0 Å². The van der Waals surface area contributed by atoms with E-state index in [-0.39, 0.29) is 0 Å². The standard InChI is InChI=1S/C17H18O2/c1-12(2)15-6-4-5-7-17(15)19-16-9-8-13(3)10-14(16)11-18/h4-12H,1-3H3. The van der Waals surface area contributed by atoms with Crippen LogP contribution in [0.2, 0.25) is 0 Å². The van der Waals surface area contributed by atoms with Crippen LogP contribution in [0.5, 0.6) is 11.5 Å². The number of carbonyl (C=O) groups is 1. The molecule has 0 spiro atoms. The average molecular weight is 254 g/mol. The molecule has 0 aromatic heterocycles. The Labute approximate surface area is 114 Å². The fourth-order valence-electron chi connectivity index (χ4n) is 2.02. The summed E-state index contributed by atoms with van der Waals surface area (Å²) in [4.78, 5) is 11.1. The summed E-state index contributed by atoms with van der Waals surface area (Å²) < 4.78 is 5.92. The van der Waals surface area contributed by atoms with Crippen molar-refractivity contribution >= 4 is 6.29 Å². The van der Waals surface area contributed by atoms with E-state index >= 15 is 0 Å². The van der Waals surface area contributed by atoms with Gasteiger partial charge in [0.2, 0.25) is 0 Å². The summed E-state index contributed by atoms with van der Waals surface area (Å²) in [6.07, 6.45) is 0.834. The van der Waals surface area contributed by atoms with Crippen LogP contribution in [-0.4, -0.2) is 6.29 Å². The highest BCUT2D eigenvalue weighted by Gasteiger charge is 2.10. The summed E-state index contributed by atoms with van der Waals surface area (Å²) in [5, 5.41) is 0. The number of hydrogen-bond acceptors (Lipinski definition) is 2. The van der Waals surface area contributed by atoms with Crippen molar-refractivity contribution in [2.45, 2.75) is 26.7 Å². The Morgan fingerprint density at radius 1 is 1.05 bits per heavy atom. The van der Waals surface area contributed by atoms with Gasteiger partial charge >= 0.3 is 0 Å². The molecule has 98 valence electrons. The number of rotatable bonds is 4. The molecule has 0 N–H and O–H groups in total. The van der Waals surface area contributed by atoms with E-state index in [2.05, 4.69) is 19.9 Å². The van der Waals surface area contributed by atoms with Crippen molar-refractivity contribution in [2.24, 2.45) is 0 Å². The number of aryl methyl sites for hydroxylation is 1. The predicted octanol–water partition coefficient (Wildman–Crippen LogP) is 4.72. The molecule has 2 heteroatoms. The zero-order chi connectivity index (χ0) is 13.8. The van der Waals surface area contributed by atoms with Crippen LogP contribution in [0.3, 0.4) is 0 Å². The van der Waals surface area contributed by atoms with Gasteiger partial charge in [0, 0.05) is 0 Å². The first-order valence-corrected chi connectivity index (χ1v) is 6.44. The molecule has 0 saturated carbocycles. The summed E-state index contributed by atoms with van der Waals surface area (Å²) in [7, 11) is 0. The highest BCUT2D eigenvalue weighted by Crippen LogP contribution is 2.31. The molecule has 0 bridgehead atoms. The van der Waals surface area contributed by atoms with Crippen LogP contribution < -0.4 is 4.74 Å². The molecule has 0 saturated heterocycles. The third-order valence-corrected chi connectivity index (χ3v) is 3.05.